The molecule has 1 fully saturated rings. The summed E-state index contributed by atoms with van der Waals surface area (Å²) in [5.41, 5.74) is 2.06. The molecule has 2 aliphatic rings. The predicted molar refractivity (Wildman–Crippen MR) is 133 cm³/mol. The Morgan fingerprint density at radius 2 is 2.08 bits per heavy atom. The molecule has 4 rings (SSSR count). The van der Waals surface area contributed by atoms with Gasteiger partial charge < -0.3 is 15.0 Å². The molecule has 194 valence electrons. The number of nitriles is 1. The Morgan fingerprint density at radius 1 is 1.31 bits per heavy atom. The molecule has 0 radical (unpaired) electrons. The zero-order valence-electron chi connectivity index (χ0n) is 20.6. The number of hydrogen-bond donors (Lipinski definition) is 1. The van der Waals surface area contributed by atoms with Crippen LogP contribution >= 0.6 is 11.3 Å². The molecule has 0 unspecified atom stereocenters. The van der Waals surface area contributed by atoms with Crippen molar-refractivity contribution in [3.05, 3.63) is 39.0 Å². The molecule has 1 saturated carbocycles. The maximum Gasteiger partial charge on any atom is 0.272 e. The number of amides is 1. The van der Waals surface area contributed by atoms with Gasteiger partial charge >= 0.3 is 0 Å². The molecule has 2 aromatic heterocycles. The molecule has 10 heteroatoms. The number of hydrogen-bond acceptors (Lipinski definition) is 7. The lowest BCUT2D eigenvalue weighted by molar-refractivity contribution is -0.121. The number of thiazole rings is 1. The minimum Gasteiger partial charge on any atom is -0.471 e. The standard InChI is InChI=1S/C26H33F2N5O2S/c1-17-30-15-22(36-17)13-25(34)31-21-4-2-18(3-5-21)6-9-33-10-7-19-12-20(14-29)26(35-16-24(27)28)32-23(19)8-11-33/h12,15,18,21,24H,2-11,13,16H2,1H3,(H,31,34)/t18-,21-. The molecule has 0 atom stereocenters. The van der Waals surface area contributed by atoms with Crippen molar-refractivity contribution in [1.29, 1.82) is 5.26 Å². The molecule has 0 bridgehead atoms. The van der Waals surface area contributed by atoms with Gasteiger partial charge in [-0.25, -0.2) is 18.7 Å². The van der Waals surface area contributed by atoms with Gasteiger partial charge in [0.25, 0.3) is 6.43 Å². The van der Waals surface area contributed by atoms with Crippen LogP contribution in [0.25, 0.3) is 0 Å². The molecule has 1 aliphatic heterocycles. The van der Waals surface area contributed by atoms with Gasteiger partial charge in [-0.15, -0.1) is 11.3 Å². The van der Waals surface area contributed by atoms with Crippen LogP contribution in [0.15, 0.2) is 12.3 Å². The molecule has 2 aromatic rings. The highest BCUT2D eigenvalue weighted by Gasteiger charge is 2.24. The monoisotopic (exact) mass is 517 g/mol. The van der Waals surface area contributed by atoms with Gasteiger partial charge in [-0.1, -0.05) is 0 Å². The van der Waals surface area contributed by atoms with E-state index in [2.05, 4.69) is 20.2 Å². The number of rotatable bonds is 9. The molecule has 1 amide bonds. The molecule has 36 heavy (non-hydrogen) atoms. The number of aromatic nitrogens is 2. The summed E-state index contributed by atoms with van der Waals surface area (Å²) < 4.78 is 30.2. The minimum atomic E-state index is -2.60. The van der Waals surface area contributed by atoms with E-state index in [1.165, 1.54) is 0 Å². The van der Waals surface area contributed by atoms with Crippen molar-refractivity contribution in [3.8, 4) is 11.9 Å². The summed E-state index contributed by atoms with van der Waals surface area (Å²) in [6.45, 7) is 3.93. The van der Waals surface area contributed by atoms with Gasteiger partial charge in [-0.05, 0) is 69.5 Å². The SMILES string of the molecule is Cc1ncc(CC(=O)N[C@H]2CC[C@H](CCN3CCc4cc(C#N)c(OCC(F)F)nc4CC3)CC2)s1. The number of carbonyl (C=O) groups excluding carboxylic acids is 1. The Labute approximate surface area is 214 Å². The second-order valence-electron chi connectivity index (χ2n) is 9.70. The number of ether oxygens (including phenoxy) is 1. The highest BCUT2D eigenvalue weighted by atomic mass is 32.1. The number of fused-ring (bicyclic) bond motifs is 1. The normalized spacial score (nSPS) is 20.4. The fourth-order valence-corrected chi connectivity index (χ4v) is 5.89. The number of alkyl halides is 2. The van der Waals surface area contributed by atoms with Crippen molar-refractivity contribution < 1.29 is 18.3 Å². The van der Waals surface area contributed by atoms with E-state index in [-0.39, 0.29) is 23.4 Å². The van der Waals surface area contributed by atoms with E-state index in [0.717, 1.165) is 79.3 Å². The summed E-state index contributed by atoms with van der Waals surface area (Å²) in [4.78, 5) is 24.4. The zero-order valence-corrected chi connectivity index (χ0v) is 21.5. The molecular weight excluding hydrogens is 484 g/mol. The lowest BCUT2D eigenvalue weighted by Crippen LogP contribution is -2.38. The van der Waals surface area contributed by atoms with E-state index in [1.807, 2.05) is 13.0 Å². The first-order chi connectivity index (χ1) is 17.4. The van der Waals surface area contributed by atoms with Gasteiger partial charge in [0.15, 0.2) is 6.61 Å². The second kappa shape index (κ2) is 12.5. The topological polar surface area (TPSA) is 91.1 Å². The molecule has 1 N–H and O–H groups in total. The number of halogens is 2. The summed E-state index contributed by atoms with van der Waals surface area (Å²) in [5.74, 6) is 0.753. The second-order valence-corrected chi connectivity index (χ2v) is 11.0. The summed E-state index contributed by atoms with van der Waals surface area (Å²) in [5, 5.41) is 13.6. The largest absolute Gasteiger partial charge is 0.471 e. The van der Waals surface area contributed by atoms with Gasteiger partial charge in [0, 0.05) is 42.3 Å². The fraction of sp³-hybridized carbons (Fsp3) is 0.615. The summed E-state index contributed by atoms with van der Waals surface area (Å²) in [6.07, 6.45) is 6.49. The van der Waals surface area contributed by atoms with Gasteiger partial charge in [0.05, 0.1) is 11.4 Å². The summed E-state index contributed by atoms with van der Waals surface area (Å²) in [7, 11) is 0. The Kier molecular flexibility index (Phi) is 9.21. The Bertz CT molecular complexity index is 1080. The maximum absolute atomic E-state index is 12.5. The number of nitrogens with one attached hydrogen (secondary N) is 1. The Hall–Kier alpha value is -2.64. The number of pyridine rings is 1. The molecule has 3 heterocycles. The summed E-state index contributed by atoms with van der Waals surface area (Å²) >= 11 is 1.57. The maximum atomic E-state index is 12.5. The van der Waals surface area contributed by atoms with E-state index in [4.69, 9.17) is 4.74 Å². The van der Waals surface area contributed by atoms with Gasteiger partial charge in [-0.3, -0.25) is 4.79 Å². The highest BCUT2D eigenvalue weighted by molar-refractivity contribution is 7.11. The van der Waals surface area contributed by atoms with Gasteiger partial charge in [0.2, 0.25) is 11.8 Å². The average molecular weight is 518 g/mol. The molecule has 1 aliphatic carbocycles. The van der Waals surface area contributed by atoms with Crippen LogP contribution in [0.5, 0.6) is 5.88 Å². The van der Waals surface area contributed by atoms with Crippen LogP contribution in [0, 0.1) is 24.2 Å². The minimum absolute atomic E-state index is 0.0102. The number of carbonyl (C=O) groups is 1. The van der Waals surface area contributed by atoms with Crippen molar-refractivity contribution in [2.45, 2.75) is 70.8 Å². The first kappa shape index (κ1) is 26.4. The molecule has 0 spiro atoms. The first-order valence-electron chi connectivity index (χ1n) is 12.7. The fourth-order valence-electron chi connectivity index (χ4n) is 5.10. The third kappa shape index (κ3) is 7.43. The van der Waals surface area contributed by atoms with Crippen LogP contribution in [0.3, 0.4) is 0 Å². The Balaban J connectivity index is 1.20. The Morgan fingerprint density at radius 3 is 2.78 bits per heavy atom. The smallest absolute Gasteiger partial charge is 0.272 e. The van der Waals surface area contributed by atoms with Crippen LogP contribution in [-0.4, -0.2) is 59.5 Å². The van der Waals surface area contributed by atoms with Crippen LogP contribution in [0.2, 0.25) is 0 Å². The van der Waals surface area contributed by atoms with Gasteiger partial charge in [-0.2, -0.15) is 5.26 Å². The lowest BCUT2D eigenvalue weighted by Gasteiger charge is -2.30. The summed E-state index contributed by atoms with van der Waals surface area (Å²) in [6, 6.07) is 4.03. The third-order valence-corrected chi connectivity index (χ3v) is 7.97. The van der Waals surface area contributed by atoms with Crippen molar-refractivity contribution in [1.82, 2.24) is 20.2 Å². The van der Waals surface area contributed by atoms with E-state index < -0.39 is 13.0 Å². The van der Waals surface area contributed by atoms with Crippen molar-refractivity contribution in [3.63, 3.8) is 0 Å². The van der Waals surface area contributed by atoms with E-state index in [9.17, 15) is 18.8 Å². The van der Waals surface area contributed by atoms with Crippen LogP contribution < -0.4 is 10.1 Å². The number of nitrogens with zero attached hydrogens (tertiary/aromatic N) is 4. The average Bonchev–Trinajstić information content (AvgIpc) is 3.16. The van der Waals surface area contributed by atoms with Crippen LogP contribution in [-0.2, 0) is 24.1 Å². The molecule has 7 nitrogen and oxygen atoms in total. The molecule has 0 saturated heterocycles. The number of aryl methyl sites for hydroxylation is 1. The molecular formula is C26H33F2N5O2S. The van der Waals surface area contributed by atoms with E-state index in [1.54, 1.807) is 23.6 Å². The van der Waals surface area contributed by atoms with Crippen LogP contribution in [0.1, 0.15) is 58.8 Å². The third-order valence-electron chi connectivity index (χ3n) is 7.05. The molecule has 0 aromatic carbocycles. The predicted octanol–water partition coefficient (Wildman–Crippen LogP) is 4.07. The first-order valence-corrected chi connectivity index (χ1v) is 13.5. The highest BCUT2D eigenvalue weighted by Crippen LogP contribution is 2.28. The van der Waals surface area contributed by atoms with Crippen molar-refractivity contribution in [2.24, 2.45) is 5.92 Å². The van der Waals surface area contributed by atoms with Gasteiger partial charge in [0.1, 0.15) is 11.6 Å². The zero-order chi connectivity index (χ0) is 25.5. The van der Waals surface area contributed by atoms with E-state index >= 15 is 0 Å². The quantitative estimate of drug-likeness (QED) is 0.539. The van der Waals surface area contributed by atoms with Crippen molar-refractivity contribution in [2.75, 3.05) is 26.2 Å². The van der Waals surface area contributed by atoms with Crippen LogP contribution in [0.4, 0.5) is 8.78 Å². The van der Waals surface area contributed by atoms with E-state index in [0.29, 0.717) is 18.8 Å². The van der Waals surface area contributed by atoms with Crippen molar-refractivity contribution >= 4 is 17.2 Å². The lowest BCUT2D eigenvalue weighted by atomic mass is 9.84.